The molecular weight excluding hydrogens is 178 g/mol. The van der Waals surface area contributed by atoms with E-state index in [4.69, 9.17) is 0 Å². The second-order valence-electron chi connectivity index (χ2n) is 3.95. The van der Waals surface area contributed by atoms with Crippen LogP contribution >= 0.6 is 0 Å². The average Bonchev–Trinajstić information content (AvgIpc) is 2.02. The van der Waals surface area contributed by atoms with Crippen molar-refractivity contribution in [1.29, 1.82) is 0 Å². The van der Waals surface area contributed by atoms with Crippen molar-refractivity contribution in [2.75, 3.05) is 6.54 Å². The second kappa shape index (κ2) is 4.05. The summed E-state index contributed by atoms with van der Waals surface area (Å²) in [4.78, 5) is 22.7. The maximum atomic E-state index is 11.4. The van der Waals surface area contributed by atoms with Crippen molar-refractivity contribution in [3.05, 3.63) is 11.1 Å². The molecule has 0 aromatic rings. The van der Waals surface area contributed by atoms with Crippen molar-refractivity contribution in [2.24, 2.45) is 5.92 Å². The Bertz CT molecular complexity index is 304. The predicted octanol–water partition coefficient (Wildman–Crippen LogP) is 1.09. The number of carbonyl (C=O) groups excluding carboxylic acids is 2. The van der Waals surface area contributed by atoms with E-state index in [1.54, 1.807) is 13.8 Å². The van der Waals surface area contributed by atoms with Gasteiger partial charge in [0.05, 0.1) is 5.92 Å². The molecule has 14 heavy (non-hydrogen) atoms. The summed E-state index contributed by atoms with van der Waals surface area (Å²) in [6, 6.07) is 0.0723. The molecule has 3 heteroatoms. The third-order valence-corrected chi connectivity index (χ3v) is 2.88. The van der Waals surface area contributed by atoms with Gasteiger partial charge in [-0.15, -0.1) is 0 Å². The monoisotopic (exact) mass is 195 g/mol. The van der Waals surface area contributed by atoms with Crippen LogP contribution in [0.15, 0.2) is 11.1 Å². The standard InChI is InChI=1S/C11H17NO2/c1-6-10(8(3)13)5-12-7(2)11(6)9(4)14/h7,10,12H,5H2,1-4H3. The molecule has 1 rings (SSSR count). The minimum atomic E-state index is -0.120. The summed E-state index contributed by atoms with van der Waals surface area (Å²) >= 11 is 0. The Balaban J connectivity index is 3.10. The number of Topliss-reactive ketones (excluding diaryl/α,β-unsaturated/α-hetero) is 2. The fourth-order valence-corrected chi connectivity index (χ4v) is 2.11. The van der Waals surface area contributed by atoms with Gasteiger partial charge in [0, 0.05) is 18.2 Å². The first kappa shape index (κ1) is 11.1. The predicted molar refractivity (Wildman–Crippen MR) is 55.0 cm³/mol. The molecule has 2 unspecified atom stereocenters. The molecule has 0 bridgehead atoms. The Morgan fingerprint density at radius 2 is 1.93 bits per heavy atom. The van der Waals surface area contributed by atoms with Gasteiger partial charge in [0.2, 0.25) is 0 Å². The summed E-state index contributed by atoms with van der Waals surface area (Å²) in [5.41, 5.74) is 1.72. The molecule has 0 radical (unpaired) electrons. The Morgan fingerprint density at radius 1 is 1.36 bits per heavy atom. The second-order valence-corrected chi connectivity index (χ2v) is 3.95. The minimum Gasteiger partial charge on any atom is -0.309 e. The molecule has 0 aromatic carbocycles. The van der Waals surface area contributed by atoms with E-state index >= 15 is 0 Å². The molecule has 78 valence electrons. The lowest BCUT2D eigenvalue weighted by molar-refractivity contribution is -0.119. The van der Waals surface area contributed by atoms with Gasteiger partial charge in [0.15, 0.2) is 5.78 Å². The number of hydrogen-bond donors (Lipinski definition) is 1. The highest BCUT2D eigenvalue weighted by molar-refractivity contribution is 5.97. The normalized spacial score (nSPS) is 27.7. The summed E-state index contributed by atoms with van der Waals surface area (Å²) in [5.74, 6) is 0.0687. The molecule has 0 spiro atoms. The van der Waals surface area contributed by atoms with Gasteiger partial charge >= 0.3 is 0 Å². The lowest BCUT2D eigenvalue weighted by Gasteiger charge is -2.29. The maximum Gasteiger partial charge on any atom is 0.157 e. The fraction of sp³-hybridized carbons (Fsp3) is 0.636. The zero-order valence-corrected chi connectivity index (χ0v) is 9.18. The van der Waals surface area contributed by atoms with E-state index in [-0.39, 0.29) is 23.5 Å². The highest BCUT2D eigenvalue weighted by Crippen LogP contribution is 2.23. The van der Waals surface area contributed by atoms with Gasteiger partial charge in [-0.1, -0.05) is 5.57 Å². The van der Waals surface area contributed by atoms with E-state index in [0.717, 1.165) is 11.1 Å². The zero-order chi connectivity index (χ0) is 10.9. The summed E-state index contributed by atoms with van der Waals surface area (Å²) in [7, 11) is 0. The van der Waals surface area contributed by atoms with Gasteiger partial charge in [0.25, 0.3) is 0 Å². The molecule has 0 aromatic heterocycles. The third-order valence-electron chi connectivity index (χ3n) is 2.88. The quantitative estimate of drug-likeness (QED) is 0.717. The van der Waals surface area contributed by atoms with Crippen LogP contribution in [0.2, 0.25) is 0 Å². The van der Waals surface area contributed by atoms with Crippen LogP contribution in [0.3, 0.4) is 0 Å². The molecule has 0 amide bonds. The van der Waals surface area contributed by atoms with Gasteiger partial charge in [-0.3, -0.25) is 9.59 Å². The summed E-state index contributed by atoms with van der Waals surface area (Å²) in [6.45, 7) is 7.62. The van der Waals surface area contributed by atoms with E-state index in [0.29, 0.717) is 6.54 Å². The Kier molecular flexibility index (Phi) is 3.21. The summed E-state index contributed by atoms with van der Waals surface area (Å²) in [6.07, 6.45) is 0. The van der Waals surface area contributed by atoms with Crippen molar-refractivity contribution in [3.63, 3.8) is 0 Å². The van der Waals surface area contributed by atoms with Crippen molar-refractivity contribution in [3.8, 4) is 0 Å². The molecule has 0 saturated carbocycles. The number of carbonyl (C=O) groups is 2. The van der Waals surface area contributed by atoms with Crippen molar-refractivity contribution in [1.82, 2.24) is 5.32 Å². The first-order valence-corrected chi connectivity index (χ1v) is 4.90. The SMILES string of the molecule is CC(=O)C1=C(C)C(C(C)=O)CNC1C. The van der Waals surface area contributed by atoms with Crippen LogP contribution < -0.4 is 5.32 Å². The third kappa shape index (κ3) is 1.93. The zero-order valence-electron chi connectivity index (χ0n) is 9.18. The summed E-state index contributed by atoms with van der Waals surface area (Å²) in [5, 5.41) is 3.18. The molecule has 0 fully saturated rings. The van der Waals surface area contributed by atoms with Gasteiger partial charge < -0.3 is 5.32 Å². The maximum absolute atomic E-state index is 11.4. The van der Waals surface area contributed by atoms with Gasteiger partial charge in [-0.05, 0) is 27.7 Å². The number of rotatable bonds is 2. The molecule has 1 heterocycles. The van der Waals surface area contributed by atoms with Crippen LogP contribution in [0.4, 0.5) is 0 Å². The first-order valence-electron chi connectivity index (χ1n) is 4.90. The smallest absolute Gasteiger partial charge is 0.157 e. The highest BCUT2D eigenvalue weighted by Gasteiger charge is 2.28. The molecule has 0 aliphatic carbocycles. The minimum absolute atomic E-state index is 0.0634. The highest BCUT2D eigenvalue weighted by atomic mass is 16.1. The van der Waals surface area contributed by atoms with Crippen molar-refractivity contribution >= 4 is 11.6 Å². The first-order chi connectivity index (χ1) is 6.45. The molecule has 0 saturated heterocycles. The van der Waals surface area contributed by atoms with E-state index in [1.165, 1.54) is 0 Å². The molecule has 3 nitrogen and oxygen atoms in total. The fourth-order valence-electron chi connectivity index (χ4n) is 2.11. The van der Waals surface area contributed by atoms with E-state index in [1.807, 2.05) is 13.8 Å². The van der Waals surface area contributed by atoms with Crippen LogP contribution in [0.25, 0.3) is 0 Å². The van der Waals surface area contributed by atoms with E-state index in [2.05, 4.69) is 5.32 Å². The van der Waals surface area contributed by atoms with Crippen LogP contribution in [0.5, 0.6) is 0 Å². The van der Waals surface area contributed by atoms with Crippen LogP contribution in [-0.4, -0.2) is 24.2 Å². The van der Waals surface area contributed by atoms with Gasteiger partial charge in [-0.2, -0.15) is 0 Å². The van der Waals surface area contributed by atoms with Crippen LogP contribution in [-0.2, 0) is 9.59 Å². The van der Waals surface area contributed by atoms with E-state index in [9.17, 15) is 9.59 Å². The Hall–Kier alpha value is -0.960. The Morgan fingerprint density at radius 3 is 2.36 bits per heavy atom. The van der Waals surface area contributed by atoms with Gasteiger partial charge in [-0.25, -0.2) is 0 Å². The van der Waals surface area contributed by atoms with E-state index < -0.39 is 0 Å². The molecule has 1 aliphatic rings. The topological polar surface area (TPSA) is 46.2 Å². The molecule has 1 aliphatic heterocycles. The lowest BCUT2D eigenvalue weighted by atomic mass is 9.84. The number of nitrogens with one attached hydrogen (secondary N) is 1. The molecular formula is C11H17NO2. The summed E-state index contributed by atoms with van der Waals surface area (Å²) < 4.78 is 0. The Labute approximate surface area is 84.6 Å². The lowest BCUT2D eigenvalue weighted by Crippen LogP contribution is -2.43. The molecule has 2 atom stereocenters. The van der Waals surface area contributed by atoms with Gasteiger partial charge in [0.1, 0.15) is 5.78 Å². The number of hydrogen-bond acceptors (Lipinski definition) is 3. The van der Waals surface area contributed by atoms with Crippen LogP contribution in [0, 0.1) is 5.92 Å². The average molecular weight is 195 g/mol. The van der Waals surface area contributed by atoms with Crippen LogP contribution in [0.1, 0.15) is 27.7 Å². The number of ketones is 2. The largest absolute Gasteiger partial charge is 0.309 e. The van der Waals surface area contributed by atoms with Crippen molar-refractivity contribution in [2.45, 2.75) is 33.7 Å². The van der Waals surface area contributed by atoms with Crippen molar-refractivity contribution < 1.29 is 9.59 Å². The molecule has 1 N–H and O–H groups in total.